The monoisotopic (exact) mass is 318 g/mol. The SMILES string of the molecule is CC1CN(S(=O)(=O)c2cccnc2)C(c2ccccc2)CO1. The van der Waals surface area contributed by atoms with Crippen molar-refractivity contribution in [1.29, 1.82) is 0 Å². The van der Waals surface area contributed by atoms with Crippen LogP contribution in [-0.4, -0.2) is 37.0 Å². The summed E-state index contributed by atoms with van der Waals surface area (Å²) in [5.41, 5.74) is 0.932. The Kier molecular flexibility index (Phi) is 4.24. The second-order valence-corrected chi connectivity index (χ2v) is 7.22. The van der Waals surface area contributed by atoms with Crippen LogP contribution in [0.5, 0.6) is 0 Å². The molecule has 0 radical (unpaired) electrons. The Morgan fingerprint density at radius 1 is 1.18 bits per heavy atom. The number of nitrogens with zero attached hydrogens (tertiary/aromatic N) is 2. The van der Waals surface area contributed by atoms with Gasteiger partial charge in [-0.15, -0.1) is 0 Å². The third kappa shape index (κ3) is 2.90. The molecule has 1 fully saturated rings. The Morgan fingerprint density at radius 2 is 1.95 bits per heavy atom. The van der Waals surface area contributed by atoms with Crippen molar-refractivity contribution in [3.63, 3.8) is 0 Å². The van der Waals surface area contributed by atoms with E-state index in [4.69, 9.17) is 4.74 Å². The van der Waals surface area contributed by atoms with E-state index in [2.05, 4.69) is 4.98 Å². The van der Waals surface area contributed by atoms with Gasteiger partial charge in [-0.3, -0.25) is 4.98 Å². The smallest absolute Gasteiger partial charge is 0.245 e. The second kappa shape index (κ2) is 6.16. The fourth-order valence-electron chi connectivity index (χ4n) is 2.61. The van der Waals surface area contributed by atoms with Gasteiger partial charge in [-0.05, 0) is 24.6 Å². The first-order valence-electron chi connectivity index (χ1n) is 7.17. The van der Waals surface area contributed by atoms with Crippen molar-refractivity contribution in [3.05, 3.63) is 60.4 Å². The maximum Gasteiger partial charge on any atom is 0.245 e. The molecule has 0 saturated carbocycles. The molecule has 1 aromatic heterocycles. The van der Waals surface area contributed by atoms with Crippen molar-refractivity contribution in [2.24, 2.45) is 0 Å². The number of pyridine rings is 1. The lowest BCUT2D eigenvalue weighted by Gasteiger charge is -2.37. The quantitative estimate of drug-likeness (QED) is 0.871. The average molecular weight is 318 g/mol. The first kappa shape index (κ1) is 15.1. The molecule has 0 aliphatic carbocycles. The first-order chi connectivity index (χ1) is 10.6. The fourth-order valence-corrected chi connectivity index (χ4v) is 4.25. The average Bonchev–Trinajstić information content (AvgIpc) is 2.56. The predicted octanol–water partition coefficient (Wildman–Crippen LogP) is 2.23. The summed E-state index contributed by atoms with van der Waals surface area (Å²) in [4.78, 5) is 4.14. The Labute approximate surface area is 130 Å². The van der Waals surface area contributed by atoms with E-state index >= 15 is 0 Å². The minimum Gasteiger partial charge on any atom is -0.375 e. The number of aromatic nitrogens is 1. The van der Waals surface area contributed by atoms with Crippen LogP contribution in [0, 0.1) is 0 Å². The molecule has 2 heterocycles. The van der Waals surface area contributed by atoms with E-state index < -0.39 is 10.0 Å². The Balaban J connectivity index is 2.01. The van der Waals surface area contributed by atoms with Gasteiger partial charge in [0, 0.05) is 18.9 Å². The zero-order valence-corrected chi connectivity index (χ0v) is 13.1. The molecular formula is C16H18N2O3S. The summed E-state index contributed by atoms with van der Waals surface area (Å²) >= 11 is 0. The minimum atomic E-state index is -3.60. The molecule has 1 aliphatic rings. The standard InChI is InChI=1S/C16H18N2O3S/c1-13-11-18(22(19,20)15-8-5-9-17-10-15)16(12-21-13)14-6-3-2-4-7-14/h2-10,13,16H,11-12H2,1H3. The molecule has 2 aromatic rings. The van der Waals surface area contributed by atoms with Crippen LogP contribution >= 0.6 is 0 Å². The molecule has 116 valence electrons. The van der Waals surface area contributed by atoms with Crippen LogP contribution in [0.25, 0.3) is 0 Å². The molecule has 2 atom stereocenters. The van der Waals surface area contributed by atoms with Gasteiger partial charge in [-0.2, -0.15) is 4.31 Å². The molecule has 6 heteroatoms. The van der Waals surface area contributed by atoms with Crippen LogP contribution in [-0.2, 0) is 14.8 Å². The van der Waals surface area contributed by atoms with Crippen molar-refractivity contribution >= 4 is 10.0 Å². The van der Waals surface area contributed by atoms with Gasteiger partial charge < -0.3 is 4.74 Å². The van der Waals surface area contributed by atoms with Crippen LogP contribution in [0.15, 0.2) is 59.8 Å². The molecule has 0 amide bonds. The highest BCUT2D eigenvalue weighted by Gasteiger charge is 2.37. The summed E-state index contributed by atoms with van der Waals surface area (Å²) in [6, 6.07) is 12.5. The molecule has 3 rings (SSSR count). The van der Waals surface area contributed by atoms with E-state index in [0.29, 0.717) is 13.2 Å². The topological polar surface area (TPSA) is 59.5 Å². The largest absolute Gasteiger partial charge is 0.375 e. The van der Waals surface area contributed by atoms with Gasteiger partial charge in [-0.1, -0.05) is 30.3 Å². The molecule has 2 unspecified atom stereocenters. The number of hydrogen-bond donors (Lipinski definition) is 0. The highest BCUT2D eigenvalue weighted by molar-refractivity contribution is 7.89. The van der Waals surface area contributed by atoms with Crippen molar-refractivity contribution in [1.82, 2.24) is 9.29 Å². The number of morpholine rings is 1. The zero-order valence-electron chi connectivity index (χ0n) is 12.3. The van der Waals surface area contributed by atoms with Gasteiger partial charge in [0.25, 0.3) is 0 Å². The molecule has 22 heavy (non-hydrogen) atoms. The minimum absolute atomic E-state index is 0.133. The van der Waals surface area contributed by atoms with E-state index in [-0.39, 0.29) is 17.0 Å². The molecule has 0 N–H and O–H groups in total. The predicted molar refractivity (Wildman–Crippen MR) is 82.7 cm³/mol. The summed E-state index contributed by atoms with van der Waals surface area (Å²) in [6.45, 7) is 2.56. The number of benzene rings is 1. The van der Waals surface area contributed by atoms with Crippen LogP contribution in [0.3, 0.4) is 0 Å². The Morgan fingerprint density at radius 3 is 2.64 bits per heavy atom. The lowest BCUT2D eigenvalue weighted by Crippen LogP contribution is -2.46. The molecule has 0 bridgehead atoms. The van der Waals surface area contributed by atoms with Crippen LogP contribution in [0.1, 0.15) is 18.5 Å². The van der Waals surface area contributed by atoms with E-state index in [1.54, 1.807) is 18.3 Å². The fraction of sp³-hybridized carbons (Fsp3) is 0.312. The lowest BCUT2D eigenvalue weighted by molar-refractivity contribution is -0.0231. The molecule has 1 aliphatic heterocycles. The maximum absolute atomic E-state index is 12.9. The maximum atomic E-state index is 12.9. The Bertz CT molecular complexity index is 720. The van der Waals surface area contributed by atoms with Gasteiger partial charge in [0.2, 0.25) is 10.0 Å². The summed E-state index contributed by atoms with van der Waals surface area (Å²) in [6.07, 6.45) is 2.82. The summed E-state index contributed by atoms with van der Waals surface area (Å²) in [5, 5.41) is 0. The number of hydrogen-bond acceptors (Lipinski definition) is 4. The molecule has 0 spiro atoms. The summed E-state index contributed by atoms with van der Waals surface area (Å²) in [5.74, 6) is 0. The van der Waals surface area contributed by atoms with Gasteiger partial charge in [0.15, 0.2) is 0 Å². The third-order valence-corrected chi connectivity index (χ3v) is 5.61. The van der Waals surface area contributed by atoms with Crippen LogP contribution < -0.4 is 0 Å². The molecule has 5 nitrogen and oxygen atoms in total. The third-order valence-electron chi connectivity index (χ3n) is 3.75. The lowest BCUT2D eigenvalue weighted by atomic mass is 10.1. The van der Waals surface area contributed by atoms with E-state index in [1.165, 1.54) is 10.5 Å². The molecule has 1 aromatic carbocycles. The van der Waals surface area contributed by atoms with Gasteiger partial charge >= 0.3 is 0 Å². The van der Waals surface area contributed by atoms with Crippen molar-refractivity contribution < 1.29 is 13.2 Å². The highest BCUT2D eigenvalue weighted by atomic mass is 32.2. The van der Waals surface area contributed by atoms with Crippen molar-refractivity contribution in [2.45, 2.75) is 24.0 Å². The van der Waals surface area contributed by atoms with Crippen LogP contribution in [0.4, 0.5) is 0 Å². The number of sulfonamides is 1. The first-order valence-corrected chi connectivity index (χ1v) is 8.61. The normalized spacial score (nSPS) is 23.3. The van der Waals surface area contributed by atoms with E-state index in [9.17, 15) is 8.42 Å². The van der Waals surface area contributed by atoms with E-state index in [0.717, 1.165) is 5.56 Å². The summed E-state index contributed by atoms with van der Waals surface area (Å²) in [7, 11) is -3.60. The van der Waals surface area contributed by atoms with Crippen molar-refractivity contribution in [2.75, 3.05) is 13.2 Å². The second-order valence-electron chi connectivity index (χ2n) is 5.33. The van der Waals surface area contributed by atoms with E-state index in [1.807, 2.05) is 37.3 Å². The zero-order chi connectivity index (χ0) is 15.6. The highest BCUT2D eigenvalue weighted by Crippen LogP contribution is 2.31. The van der Waals surface area contributed by atoms with Crippen molar-refractivity contribution in [3.8, 4) is 0 Å². The number of ether oxygens (including phenoxy) is 1. The number of rotatable bonds is 3. The molecule has 1 saturated heterocycles. The molecular weight excluding hydrogens is 300 g/mol. The van der Waals surface area contributed by atoms with Gasteiger partial charge in [-0.25, -0.2) is 8.42 Å². The van der Waals surface area contributed by atoms with Gasteiger partial charge in [0.1, 0.15) is 4.90 Å². The van der Waals surface area contributed by atoms with Gasteiger partial charge in [0.05, 0.1) is 18.8 Å². The summed E-state index contributed by atoms with van der Waals surface area (Å²) < 4.78 is 33.1. The Hall–Kier alpha value is -1.76. The van der Waals surface area contributed by atoms with Crippen LogP contribution in [0.2, 0.25) is 0 Å².